The van der Waals surface area contributed by atoms with E-state index in [1.807, 2.05) is 6.20 Å². The van der Waals surface area contributed by atoms with Crippen LogP contribution in [0.2, 0.25) is 0 Å². The molecule has 0 aromatic carbocycles. The molecular weight excluding hydrogens is 258 g/mol. The van der Waals surface area contributed by atoms with Gasteiger partial charge in [0.1, 0.15) is 0 Å². The summed E-state index contributed by atoms with van der Waals surface area (Å²) in [5.74, 6) is 0. The molecule has 1 fully saturated rings. The standard InChI is InChI=1S/C18H31N3/c1-4-15-9-10-16(20-14-15)13-17(19)18(5-2,6-3)21-11-7-8-12-21/h9-10,14,17H,4-8,11-13,19H2,1-3H3. The highest BCUT2D eigenvalue weighted by molar-refractivity contribution is 5.16. The topological polar surface area (TPSA) is 42.1 Å². The minimum absolute atomic E-state index is 0.140. The van der Waals surface area contributed by atoms with Gasteiger partial charge in [0.2, 0.25) is 0 Å². The summed E-state index contributed by atoms with van der Waals surface area (Å²) in [6.45, 7) is 9.15. The fourth-order valence-electron chi connectivity index (χ4n) is 3.82. The zero-order valence-corrected chi connectivity index (χ0v) is 13.9. The van der Waals surface area contributed by atoms with E-state index in [9.17, 15) is 0 Å². The quantitative estimate of drug-likeness (QED) is 0.838. The van der Waals surface area contributed by atoms with Gasteiger partial charge >= 0.3 is 0 Å². The predicted molar refractivity (Wildman–Crippen MR) is 89.4 cm³/mol. The number of aryl methyl sites for hydroxylation is 1. The molecule has 2 rings (SSSR count). The Morgan fingerprint density at radius 1 is 1.19 bits per heavy atom. The average Bonchev–Trinajstić information content (AvgIpc) is 3.05. The highest BCUT2D eigenvalue weighted by Crippen LogP contribution is 2.31. The smallest absolute Gasteiger partial charge is 0.0419 e. The average molecular weight is 289 g/mol. The van der Waals surface area contributed by atoms with Crippen LogP contribution >= 0.6 is 0 Å². The minimum atomic E-state index is 0.140. The SMILES string of the molecule is CCc1ccc(CC(N)C(CC)(CC)N2CCCC2)nc1. The zero-order valence-electron chi connectivity index (χ0n) is 13.9. The summed E-state index contributed by atoms with van der Waals surface area (Å²) >= 11 is 0. The van der Waals surface area contributed by atoms with Gasteiger partial charge < -0.3 is 5.73 Å². The summed E-state index contributed by atoms with van der Waals surface area (Å²) in [5.41, 5.74) is 9.24. The fraction of sp³-hybridized carbons (Fsp3) is 0.722. The first-order valence-corrected chi connectivity index (χ1v) is 8.60. The van der Waals surface area contributed by atoms with Gasteiger partial charge in [-0.3, -0.25) is 9.88 Å². The van der Waals surface area contributed by atoms with Crippen molar-refractivity contribution >= 4 is 0 Å². The van der Waals surface area contributed by atoms with Crippen LogP contribution < -0.4 is 5.73 Å². The van der Waals surface area contributed by atoms with Crippen LogP contribution in [0.15, 0.2) is 18.3 Å². The molecule has 0 radical (unpaired) electrons. The van der Waals surface area contributed by atoms with E-state index < -0.39 is 0 Å². The third-order valence-corrected chi connectivity index (χ3v) is 5.37. The number of pyridine rings is 1. The van der Waals surface area contributed by atoms with Crippen LogP contribution in [-0.4, -0.2) is 34.6 Å². The molecule has 0 spiro atoms. The van der Waals surface area contributed by atoms with E-state index in [-0.39, 0.29) is 11.6 Å². The summed E-state index contributed by atoms with van der Waals surface area (Å²) in [6.07, 6.45) is 8.80. The van der Waals surface area contributed by atoms with Crippen LogP contribution in [0.1, 0.15) is 57.7 Å². The second-order valence-electron chi connectivity index (χ2n) is 6.33. The van der Waals surface area contributed by atoms with Crippen molar-refractivity contribution < 1.29 is 0 Å². The second kappa shape index (κ2) is 7.37. The molecule has 1 saturated heterocycles. The molecule has 1 atom stereocenters. The Morgan fingerprint density at radius 3 is 2.33 bits per heavy atom. The lowest BCUT2D eigenvalue weighted by atomic mass is 9.81. The summed E-state index contributed by atoms with van der Waals surface area (Å²) in [5, 5.41) is 0. The predicted octanol–water partition coefficient (Wildman–Crippen LogP) is 3.17. The van der Waals surface area contributed by atoms with Crippen molar-refractivity contribution in [2.24, 2.45) is 5.73 Å². The van der Waals surface area contributed by atoms with Crippen molar-refractivity contribution in [2.45, 2.75) is 70.9 Å². The summed E-state index contributed by atoms with van der Waals surface area (Å²) in [4.78, 5) is 7.24. The van der Waals surface area contributed by atoms with Gasteiger partial charge in [-0.1, -0.05) is 26.8 Å². The van der Waals surface area contributed by atoms with Gasteiger partial charge in [-0.05, 0) is 56.8 Å². The molecular formula is C18H31N3. The van der Waals surface area contributed by atoms with Crippen LogP contribution in [0.4, 0.5) is 0 Å². The molecule has 21 heavy (non-hydrogen) atoms. The molecule has 2 heterocycles. The van der Waals surface area contributed by atoms with Crippen LogP contribution in [0.25, 0.3) is 0 Å². The lowest BCUT2D eigenvalue weighted by Gasteiger charge is -2.45. The van der Waals surface area contributed by atoms with Gasteiger partial charge in [-0.25, -0.2) is 0 Å². The second-order valence-corrected chi connectivity index (χ2v) is 6.33. The highest BCUT2D eigenvalue weighted by atomic mass is 15.2. The van der Waals surface area contributed by atoms with Crippen molar-refractivity contribution in [3.63, 3.8) is 0 Å². The largest absolute Gasteiger partial charge is 0.326 e. The first-order valence-electron chi connectivity index (χ1n) is 8.60. The minimum Gasteiger partial charge on any atom is -0.326 e. The van der Waals surface area contributed by atoms with E-state index >= 15 is 0 Å². The fourth-order valence-corrected chi connectivity index (χ4v) is 3.82. The monoisotopic (exact) mass is 289 g/mol. The van der Waals surface area contributed by atoms with Crippen molar-refractivity contribution in [3.05, 3.63) is 29.6 Å². The first kappa shape index (κ1) is 16.4. The van der Waals surface area contributed by atoms with E-state index in [0.29, 0.717) is 0 Å². The summed E-state index contributed by atoms with van der Waals surface area (Å²) < 4.78 is 0. The summed E-state index contributed by atoms with van der Waals surface area (Å²) in [6, 6.07) is 4.49. The Kier molecular flexibility index (Phi) is 5.77. The normalized spacial score (nSPS) is 18.1. The van der Waals surface area contributed by atoms with Gasteiger partial charge in [0, 0.05) is 29.9 Å². The number of likely N-dealkylation sites (tertiary alicyclic amines) is 1. The van der Waals surface area contributed by atoms with Crippen LogP contribution in [0.5, 0.6) is 0 Å². The van der Waals surface area contributed by atoms with Gasteiger partial charge in [-0.2, -0.15) is 0 Å². The Bertz CT molecular complexity index is 417. The summed E-state index contributed by atoms with van der Waals surface area (Å²) in [7, 11) is 0. The van der Waals surface area contributed by atoms with Crippen LogP contribution in [0.3, 0.4) is 0 Å². The number of hydrogen-bond acceptors (Lipinski definition) is 3. The first-order chi connectivity index (χ1) is 10.2. The maximum Gasteiger partial charge on any atom is 0.0419 e. The van der Waals surface area contributed by atoms with Gasteiger partial charge in [0.25, 0.3) is 0 Å². The van der Waals surface area contributed by atoms with Crippen molar-refractivity contribution in [1.82, 2.24) is 9.88 Å². The van der Waals surface area contributed by atoms with E-state index in [1.165, 1.54) is 31.5 Å². The van der Waals surface area contributed by atoms with E-state index in [4.69, 9.17) is 5.73 Å². The van der Waals surface area contributed by atoms with E-state index in [0.717, 1.165) is 31.4 Å². The lowest BCUT2D eigenvalue weighted by Crippen LogP contribution is -2.59. The number of hydrogen-bond donors (Lipinski definition) is 1. The van der Waals surface area contributed by atoms with Crippen LogP contribution in [-0.2, 0) is 12.8 Å². The number of nitrogens with two attached hydrogens (primary N) is 1. The molecule has 0 amide bonds. The van der Waals surface area contributed by atoms with Crippen LogP contribution in [0, 0.1) is 0 Å². The zero-order chi connectivity index (χ0) is 15.3. The number of nitrogens with zero attached hydrogens (tertiary/aromatic N) is 2. The lowest BCUT2D eigenvalue weighted by molar-refractivity contribution is 0.0765. The molecule has 2 N–H and O–H groups in total. The molecule has 1 aliphatic rings. The Hall–Kier alpha value is -0.930. The molecule has 3 heteroatoms. The van der Waals surface area contributed by atoms with Crippen molar-refractivity contribution in [2.75, 3.05) is 13.1 Å². The Morgan fingerprint density at radius 2 is 1.86 bits per heavy atom. The van der Waals surface area contributed by atoms with Gasteiger partial charge in [0.15, 0.2) is 0 Å². The molecule has 3 nitrogen and oxygen atoms in total. The van der Waals surface area contributed by atoms with E-state index in [2.05, 4.69) is 42.8 Å². The molecule has 1 unspecified atom stereocenters. The van der Waals surface area contributed by atoms with Crippen molar-refractivity contribution in [3.8, 4) is 0 Å². The number of rotatable bonds is 7. The molecule has 1 aliphatic heterocycles. The number of aromatic nitrogens is 1. The van der Waals surface area contributed by atoms with Gasteiger partial charge in [0.05, 0.1) is 0 Å². The molecule has 118 valence electrons. The highest BCUT2D eigenvalue weighted by Gasteiger charge is 2.40. The maximum absolute atomic E-state index is 6.67. The third-order valence-electron chi connectivity index (χ3n) is 5.37. The Balaban J connectivity index is 2.11. The van der Waals surface area contributed by atoms with Crippen molar-refractivity contribution in [1.29, 1.82) is 0 Å². The van der Waals surface area contributed by atoms with Gasteiger partial charge in [-0.15, -0.1) is 0 Å². The van der Waals surface area contributed by atoms with E-state index in [1.54, 1.807) is 0 Å². The molecule has 1 aromatic heterocycles. The molecule has 1 aromatic rings. The third kappa shape index (κ3) is 3.46. The molecule has 0 saturated carbocycles. The molecule has 0 aliphatic carbocycles. The maximum atomic E-state index is 6.67. The Labute approximate surface area is 129 Å². The molecule has 0 bridgehead atoms.